The molecule has 26 heavy (non-hydrogen) atoms. The van der Waals surface area contributed by atoms with Crippen molar-refractivity contribution in [2.75, 3.05) is 25.5 Å². The average Bonchev–Trinajstić information content (AvgIpc) is 3.26. The quantitative estimate of drug-likeness (QED) is 0.581. The van der Waals surface area contributed by atoms with E-state index in [1.165, 1.54) is 0 Å². The molecule has 0 radical (unpaired) electrons. The van der Waals surface area contributed by atoms with Gasteiger partial charge in [-0.05, 0) is 25.2 Å². The minimum Gasteiger partial charge on any atom is -0.380 e. The van der Waals surface area contributed by atoms with Crippen molar-refractivity contribution in [3.8, 4) is 0 Å². The maximum absolute atomic E-state index is 12.6. The Morgan fingerprint density at radius 2 is 1.92 bits per heavy atom. The summed E-state index contributed by atoms with van der Waals surface area (Å²) in [5, 5.41) is 10.4. The lowest BCUT2D eigenvalue weighted by atomic mass is 10.1. The zero-order chi connectivity index (χ0) is 19.3. The van der Waals surface area contributed by atoms with Gasteiger partial charge in [-0.2, -0.15) is 0 Å². The van der Waals surface area contributed by atoms with E-state index >= 15 is 0 Å². The van der Waals surface area contributed by atoms with Crippen LogP contribution in [0.5, 0.6) is 0 Å². The third kappa shape index (κ3) is 5.77. The highest BCUT2D eigenvalue weighted by Crippen LogP contribution is 2.39. The molecular formula is C17H30N4O4S. The van der Waals surface area contributed by atoms with Gasteiger partial charge >= 0.3 is 0 Å². The summed E-state index contributed by atoms with van der Waals surface area (Å²) in [5.41, 5.74) is 0. The lowest BCUT2D eigenvalue weighted by Crippen LogP contribution is -2.33. The molecule has 1 saturated carbocycles. The van der Waals surface area contributed by atoms with Gasteiger partial charge in [-0.1, -0.05) is 27.7 Å². The van der Waals surface area contributed by atoms with Crippen LogP contribution >= 0.6 is 0 Å². The second kappa shape index (κ2) is 8.94. The molecule has 1 aromatic rings. The fourth-order valence-electron chi connectivity index (χ4n) is 2.54. The number of sulfone groups is 1. The molecule has 0 unspecified atom stereocenters. The highest BCUT2D eigenvalue weighted by atomic mass is 32.2. The van der Waals surface area contributed by atoms with Gasteiger partial charge in [-0.3, -0.25) is 9.36 Å². The third-order valence-corrected chi connectivity index (χ3v) is 5.60. The number of hydrogen-bond donors (Lipinski definition) is 1. The fraction of sp³-hybridized carbons (Fsp3) is 0.824. The van der Waals surface area contributed by atoms with Crippen LogP contribution in [0.25, 0.3) is 0 Å². The molecule has 0 saturated heterocycles. The zero-order valence-corrected chi connectivity index (χ0v) is 16.9. The smallest absolute Gasteiger partial charge is 0.250 e. The molecule has 1 aliphatic rings. The Hall–Kier alpha value is -1.48. The summed E-state index contributed by atoms with van der Waals surface area (Å²) in [4.78, 5) is 12.0. The minimum absolute atomic E-state index is 0.0730. The number of nitrogens with one attached hydrogen (secondary N) is 1. The van der Waals surface area contributed by atoms with Gasteiger partial charge in [-0.15, -0.1) is 10.2 Å². The predicted octanol–water partition coefficient (Wildman–Crippen LogP) is 1.69. The van der Waals surface area contributed by atoms with E-state index in [-0.39, 0.29) is 17.1 Å². The van der Waals surface area contributed by atoms with Crippen molar-refractivity contribution in [1.29, 1.82) is 0 Å². The van der Waals surface area contributed by atoms with Crippen LogP contribution in [-0.4, -0.2) is 54.6 Å². The molecule has 0 bridgehead atoms. The van der Waals surface area contributed by atoms with Crippen LogP contribution in [0.2, 0.25) is 0 Å². The first kappa shape index (κ1) is 20.8. The average molecular weight is 387 g/mol. The molecule has 0 aromatic carbocycles. The van der Waals surface area contributed by atoms with E-state index in [0.717, 1.165) is 19.3 Å². The molecule has 0 aliphatic heterocycles. The van der Waals surface area contributed by atoms with Crippen LogP contribution in [0.4, 0.5) is 0 Å². The standard InChI is InChI=1S/C17H30N4O4S/c1-12(2)7-9-25-10-8-18-15(22)11-26(23,24)17-20-19-16(13(3)4)21(17)14-5-6-14/h12-14H,5-11H2,1-4H3,(H,18,22). The first-order chi connectivity index (χ1) is 12.2. The van der Waals surface area contributed by atoms with Crippen LogP contribution in [0.3, 0.4) is 0 Å². The molecule has 0 spiro atoms. The summed E-state index contributed by atoms with van der Waals surface area (Å²) in [6.07, 6.45) is 2.79. The van der Waals surface area contributed by atoms with E-state index in [2.05, 4.69) is 29.4 Å². The van der Waals surface area contributed by atoms with E-state index in [1.807, 2.05) is 13.8 Å². The van der Waals surface area contributed by atoms with Crippen LogP contribution in [-0.2, 0) is 19.4 Å². The Labute approximate surface area is 155 Å². The number of carbonyl (C=O) groups is 1. The van der Waals surface area contributed by atoms with Crippen molar-refractivity contribution in [2.24, 2.45) is 5.92 Å². The normalized spacial score (nSPS) is 15.0. The molecule has 1 amide bonds. The Morgan fingerprint density at radius 1 is 1.23 bits per heavy atom. The molecule has 9 heteroatoms. The maximum atomic E-state index is 12.6. The Balaban J connectivity index is 1.89. The maximum Gasteiger partial charge on any atom is 0.250 e. The van der Waals surface area contributed by atoms with Gasteiger partial charge in [0.25, 0.3) is 5.16 Å². The van der Waals surface area contributed by atoms with Crippen molar-refractivity contribution >= 4 is 15.7 Å². The molecular weight excluding hydrogens is 356 g/mol. The summed E-state index contributed by atoms with van der Waals surface area (Å²) < 4.78 is 32.4. The van der Waals surface area contributed by atoms with E-state index in [9.17, 15) is 13.2 Å². The van der Waals surface area contributed by atoms with Crippen LogP contribution in [0.15, 0.2) is 5.16 Å². The largest absolute Gasteiger partial charge is 0.380 e. The zero-order valence-electron chi connectivity index (χ0n) is 16.1. The van der Waals surface area contributed by atoms with E-state index < -0.39 is 21.5 Å². The third-order valence-electron chi connectivity index (χ3n) is 4.13. The molecule has 8 nitrogen and oxygen atoms in total. The highest BCUT2D eigenvalue weighted by molar-refractivity contribution is 7.91. The molecule has 0 atom stereocenters. The number of ether oxygens (including phenoxy) is 1. The first-order valence-corrected chi connectivity index (χ1v) is 10.9. The van der Waals surface area contributed by atoms with E-state index in [4.69, 9.17) is 4.74 Å². The molecule has 2 rings (SSSR count). The van der Waals surface area contributed by atoms with Crippen LogP contribution < -0.4 is 5.32 Å². The van der Waals surface area contributed by atoms with Crippen molar-refractivity contribution in [3.63, 3.8) is 0 Å². The number of carbonyl (C=O) groups excluding carboxylic acids is 1. The summed E-state index contributed by atoms with van der Waals surface area (Å²) >= 11 is 0. The summed E-state index contributed by atoms with van der Waals surface area (Å²) in [6.45, 7) is 9.42. The summed E-state index contributed by atoms with van der Waals surface area (Å²) in [5.74, 6) is 0.124. The van der Waals surface area contributed by atoms with Crippen molar-refractivity contribution < 1.29 is 17.9 Å². The van der Waals surface area contributed by atoms with Crippen molar-refractivity contribution in [1.82, 2.24) is 20.1 Å². The van der Waals surface area contributed by atoms with Crippen LogP contribution in [0, 0.1) is 5.92 Å². The lowest BCUT2D eigenvalue weighted by Gasteiger charge is -2.11. The second-order valence-electron chi connectivity index (χ2n) is 7.50. The number of aromatic nitrogens is 3. The monoisotopic (exact) mass is 386 g/mol. The highest BCUT2D eigenvalue weighted by Gasteiger charge is 2.35. The van der Waals surface area contributed by atoms with E-state index in [1.54, 1.807) is 4.57 Å². The first-order valence-electron chi connectivity index (χ1n) is 9.24. The molecule has 148 valence electrons. The number of rotatable bonds is 11. The topological polar surface area (TPSA) is 103 Å². The van der Waals surface area contributed by atoms with Crippen molar-refractivity contribution in [2.45, 2.75) is 64.1 Å². The SMILES string of the molecule is CC(C)CCOCCNC(=O)CS(=O)(=O)c1nnc(C(C)C)n1C1CC1. The van der Waals surface area contributed by atoms with Crippen molar-refractivity contribution in [3.05, 3.63) is 5.82 Å². The molecule has 1 N–H and O–H groups in total. The lowest BCUT2D eigenvalue weighted by molar-refractivity contribution is -0.118. The molecule has 1 aliphatic carbocycles. The van der Waals surface area contributed by atoms with Crippen LogP contribution in [0.1, 0.15) is 64.7 Å². The molecule has 1 aromatic heterocycles. The summed E-state index contributed by atoms with van der Waals surface area (Å²) in [6, 6.07) is 0.129. The van der Waals surface area contributed by atoms with Gasteiger partial charge in [-0.25, -0.2) is 8.42 Å². The van der Waals surface area contributed by atoms with Gasteiger partial charge in [0.1, 0.15) is 11.6 Å². The Kier molecular flexibility index (Phi) is 7.16. The minimum atomic E-state index is -3.83. The Bertz CT molecular complexity index is 708. The second-order valence-corrected chi connectivity index (χ2v) is 9.38. The van der Waals surface area contributed by atoms with E-state index in [0.29, 0.717) is 31.5 Å². The van der Waals surface area contributed by atoms with Gasteiger partial charge in [0.05, 0.1) is 6.61 Å². The van der Waals surface area contributed by atoms with Gasteiger partial charge in [0, 0.05) is 25.1 Å². The number of hydrogen-bond acceptors (Lipinski definition) is 6. The summed E-state index contributed by atoms with van der Waals surface area (Å²) in [7, 11) is -3.83. The molecule has 1 heterocycles. The number of nitrogens with zero attached hydrogens (tertiary/aromatic N) is 3. The number of amides is 1. The van der Waals surface area contributed by atoms with Gasteiger partial charge in [0.15, 0.2) is 0 Å². The van der Waals surface area contributed by atoms with Gasteiger partial charge in [0.2, 0.25) is 15.7 Å². The fourth-order valence-corrected chi connectivity index (χ4v) is 3.83. The predicted molar refractivity (Wildman–Crippen MR) is 97.7 cm³/mol. The van der Waals surface area contributed by atoms with Gasteiger partial charge < -0.3 is 10.1 Å². The molecule has 1 fully saturated rings. The Morgan fingerprint density at radius 3 is 2.50 bits per heavy atom.